The predicted molar refractivity (Wildman–Crippen MR) is 194 cm³/mol. The van der Waals surface area contributed by atoms with Crippen molar-refractivity contribution in [3.05, 3.63) is 118 Å². The van der Waals surface area contributed by atoms with E-state index in [-0.39, 0.29) is 23.2 Å². The first-order valence-corrected chi connectivity index (χ1v) is 17.8. The minimum absolute atomic E-state index is 0.0805. The van der Waals surface area contributed by atoms with Gasteiger partial charge in [-0.05, 0) is 94.4 Å². The molecule has 0 aliphatic carbocycles. The molecule has 8 nitrogen and oxygen atoms in total. The third-order valence-corrected chi connectivity index (χ3v) is 10.9. The number of hydrogen-bond donors (Lipinski definition) is 2. The quantitative estimate of drug-likeness (QED) is 0.116. The van der Waals surface area contributed by atoms with Crippen LogP contribution in [0.2, 0.25) is 0 Å². The van der Waals surface area contributed by atoms with Crippen LogP contribution in [0.25, 0.3) is 22.0 Å². The lowest BCUT2D eigenvalue weighted by molar-refractivity contribution is -0.137. The van der Waals surface area contributed by atoms with Gasteiger partial charge in [0.1, 0.15) is 11.6 Å². The first kappa shape index (κ1) is 36.1. The lowest BCUT2D eigenvalue weighted by atomic mass is 9.75. The van der Waals surface area contributed by atoms with Crippen molar-refractivity contribution in [3.63, 3.8) is 0 Å². The Bertz CT molecular complexity index is 2190. The number of fused-ring (bicyclic) bond motifs is 1. The number of benzene rings is 3. The molecular formula is C41H40F4N6O2. The van der Waals surface area contributed by atoms with E-state index in [1.807, 2.05) is 31.2 Å². The number of nitrogens with zero attached hydrogens (tertiary/aromatic N) is 4. The third kappa shape index (κ3) is 7.24. The summed E-state index contributed by atoms with van der Waals surface area (Å²) in [7, 11) is 0. The van der Waals surface area contributed by atoms with Crippen LogP contribution < -0.4 is 10.6 Å². The van der Waals surface area contributed by atoms with Crippen LogP contribution in [0.3, 0.4) is 0 Å². The lowest BCUT2D eigenvalue weighted by Crippen LogP contribution is -2.49. The average molecular weight is 725 g/mol. The summed E-state index contributed by atoms with van der Waals surface area (Å²) in [4.78, 5) is 31.2. The molecule has 5 aromatic rings. The van der Waals surface area contributed by atoms with Gasteiger partial charge in [-0.3, -0.25) is 24.8 Å². The lowest BCUT2D eigenvalue weighted by Gasteiger charge is -2.34. The molecule has 274 valence electrons. The molecule has 2 fully saturated rings. The van der Waals surface area contributed by atoms with E-state index >= 15 is 4.39 Å². The molecule has 0 unspecified atom stereocenters. The fraction of sp³-hybridized carbons (Fsp3) is 0.341. The highest BCUT2D eigenvalue weighted by Crippen LogP contribution is 2.36. The Kier molecular flexibility index (Phi) is 9.99. The number of carbonyl (C=O) groups is 2. The maximum atomic E-state index is 15.2. The van der Waals surface area contributed by atoms with Crippen molar-refractivity contribution in [3.8, 4) is 11.3 Å². The molecular weight excluding hydrogens is 684 g/mol. The second-order valence-electron chi connectivity index (χ2n) is 14.4. The van der Waals surface area contributed by atoms with Crippen LogP contribution in [0.4, 0.5) is 23.4 Å². The molecule has 7 rings (SSSR count). The first-order valence-electron chi connectivity index (χ1n) is 17.8. The van der Waals surface area contributed by atoms with Crippen LogP contribution in [0, 0.1) is 18.6 Å². The molecule has 2 saturated heterocycles. The number of imide groups is 1. The second kappa shape index (κ2) is 14.7. The second-order valence-corrected chi connectivity index (χ2v) is 14.4. The van der Waals surface area contributed by atoms with E-state index in [2.05, 4.69) is 42.8 Å². The zero-order valence-corrected chi connectivity index (χ0v) is 29.7. The average Bonchev–Trinajstić information content (AvgIpc) is 3.15. The van der Waals surface area contributed by atoms with E-state index in [1.165, 1.54) is 23.8 Å². The number of alkyl halides is 2. The Morgan fingerprint density at radius 1 is 0.962 bits per heavy atom. The maximum absolute atomic E-state index is 15.2. The van der Waals surface area contributed by atoms with Crippen molar-refractivity contribution >= 4 is 28.4 Å². The van der Waals surface area contributed by atoms with Gasteiger partial charge in [-0.1, -0.05) is 42.5 Å². The maximum Gasteiger partial charge on any atom is 0.266 e. The largest absolute Gasteiger partial charge is 0.361 e. The van der Waals surface area contributed by atoms with Crippen LogP contribution in [0.1, 0.15) is 91.4 Å². The summed E-state index contributed by atoms with van der Waals surface area (Å²) in [6.45, 7) is 7.36. The number of hydrogen-bond acceptors (Lipinski definition) is 7. The van der Waals surface area contributed by atoms with Crippen LogP contribution in [-0.4, -0.2) is 45.0 Å². The number of rotatable bonds is 9. The molecule has 2 N–H and O–H groups in total. The van der Waals surface area contributed by atoms with Crippen molar-refractivity contribution in [1.82, 2.24) is 25.4 Å². The van der Waals surface area contributed by atoms with Gasteiger partial charge in [0.15, 0.2) is 5.82 Å². The predicted octanol–water partition coefficient (Wildman–Crippen LogP) is 8.46. The number of anilines is 1. The van der Waals surface area contributed by atoms with Gasteiger partial charge in [0.2, 0.25) is 11.8 Å². The molecule has 2 aromatic heterocycles. The Hall–Kier alpha value is -5.23. The molecule has 12 heteroatoms. The fourth-order valence-electron chi connectivity index (χ4n) is 7.51. The summed E-state index contributed by atoms with van der Waals surface area (Å²) < 4.78 is 57.0. The number of nitrogens with one attached hydrogen (secondary N) is 2. The standard InChI is InChI=1S/C41H40F4N6O2/c1-23(30-5-4-6-31(37(30)43)38(44)45)47-39-32-20-35(46-21-33(32)24(2)49-50-39)27-9-12-34(42)28(19-27)22-51-17-14-26(15-18-51)25-7-10-29(11-8-25)41(3)16-13-36(52)48-40(41)53/h4-12,19-21,23,26,38H,13-18,22H2,1-3H3,(H,47,50)(H,48,52,53)/t23-,41-/m1/s1. The van der Waals surface area contributed by atoms with Gasteiger partial charge in [-0.25, -0.2) is 17.6 Å². The third-order valence-electron chi connectivity index (χ3n) is 10.9. The Morgan fingerprint density at radius 3 is 2.42 bits per heavy atom. The summed E-state index contributed by atoms with van der Waals surface area (Å²) in [6, 6.07) is 18.2. The van der Waals surface area contributed by atoms with Gasteiger partial charge in [-0.15, -0.1) is 5.10 Å². The van der Waals surface area contributed by atoms with Gasteiger partial charge in [0.25, 0.3) is 6.43 Å². The normalized spacial score (nSPS) is 19.1. The van der Waals surface area contributed by atoms with Crippen LogP contribution in [0.5, 0.6) is 0 Å². The van der Waals surface area contributed by atoms with E-state index in [9.17, 15) is 22.8 Å². The number of aromatic nitrogens is 3. The van der Waals surface area contributed by atoms with Crippen molar-refractivity contribution in [2.75, 3.05) is 18.4 Å². The topological polar surface area (TPSA) is 100 Å². The summed E-state index contributed by atoms with van der Waals surface area (Å²) >= 11 is 0. The fourth-order valence-corrected chi connectivity index (χ4v) is 7.51. The molecule has 0 saturated carbocycles. The Morgan fingerprint density at radius 2 is 1.70 bits per heavy atom. The molecule has 0 radical (unpaired) electrons. The van der Waals surface area contributed by atoms with Gasteiger partial charge >= 0.3 is 0 Å². The van der Waals surface area contributed by atoms with E-state index in [4.69, 9.17) is 0 Å². The molecule has 0 spiro atoms. The highest BCUT2D eigenvalue weighted by Gasteiger charge is 2.40. The molecule has 3 aromatic carbocycles. The minimum atomic E-state index is -2.94. The van der Waals surface area contributed by atoms with Crippen LogP contribution in [-0.2, 0) is 21.5 Å². The van der Waals surface area contributed by atoms with Gasteiger partial charge in [0, 0.05) is 46.6 Å². The zero-order valence-electron chi connectivity index (χ0n) is 29.7. The van der Waals surface area contributed by atoms with E-state index in [0.29, 0.717) is 64.4 Å². The smallest absolute Gasteiger partial charge is 0.266 e. The summed E-state index contributed by atoms with van der Waals surface area (Å²) in [6.07, 6.45) is 1.36. The number of amides is 2. The van der Waals surface area contributed by atoms with E-state index < -0.39 is 29.3 Å². The van der Waals surface area contributed by atoms with Crippen molar-refractivity contribution in [2.24, 2.45) is 0 Å². The number of piperidine rings is 2. The van der Waals surface area contributed by atoms with Crippen LogP contribution >= 0.6 is 0 Å². The Labute approximate surface area is 305 Å². The zero-order chi connectivity index (χ0) is 37.4. The van der Waals surface area contributed by atoms with E-state index in [0.717, 1.165) is 37.6 Å². The summed E-state index contributed by atoms with van der Waals surface area (Å²) in [5.41, 5.74) is 3.28. The molecule has 0 bridgehead atoms. The number of likely N-dealkylation sites (tertiary alicyclic amines) is 1. The molecule has 4 heterocycles. The van der Waals surface area contributed by atoms with Crippen molar-refractivity contribution in [2.45, 2.75) is 76.8 Å². The number of halogens is 4. The van der Waals surface area contributed by atoms with Gasteiger partial charge in [-0.2, -0.15) is 5.10 Å². The van der Waals surface area contributed by atoms with Crippen molar-refractivity contribution < 1.29 is 27.2 Å². The molecule has 2 aliphatic rings. The van der Waals surface area contributed by atoms with Crippen LogP contribution in [0.15, 0.2) is 72.9 Å². The minimum Gasteiger partial charge on any atom is -0.361 e. The highest BCUT2D eigenvalue weighted by atomic mass is 19.3. The monoisotopic (exact) mass is 724 g/mol. The molecule has 2 aliphatic heterocycles. The Balaban J connectivity index is 1.05. The SMILES string of the molecule is Cc1nnc(N[C@H](C)c2cccc(C(F)F)c2F)c2cc(-c3ccc(F)c(CN4CCC(c5ccc([C@@]6(C)CCC(=O)NC6=O)cc5)CC4)c3)ncc12. The summed E-state index contributed by atoms with van der Waals surface area (Å²) in [5, 5.41) is 15.5. The first-order chi connectivity index (χ1) is 25.4. The van der Waals surface area contributed by atoms with Crippen molar-refractivity contribution in [1.29, 1.82) is 0 Å². The number of pyridine rings is 1. The molecule has 53 heavy (non-hydrogen) atoms. The summed E-state index contributed by atoms with van der Waals surface area (Å²) in [5.74, 6) is -1.07. The van der Waals surface area contributed by atoms with Gasteiger partial charge in [0.05, 0.1) is 28.4 Å². The number of carbonyl (C=O) groups excluding carboxylic acids is 2. The number of aryl methyl sites for hydroxylation is 1. The van der Waals surface area contributed by atoms with E-state index in [1.54, 1.807) is 26.1 Å². The molecule has 2 amide bonds. The molecule has 2 atom stereocenters. The highest BCUT2D eigenvalue weighted by molar-refractivity contribution is 6.03. The van der Waals surface area contributed by atoms with Gasteiger partial charge < -0.3 is 5.32 Å².